The lowest BCUT2D eigenvalue weighted by atomic mass is 9.92. The molecule has 2 unspecified atom stereocenters. The van der Waals surface area contributed by atoms with E-state index in [0.29, 0.717) is 12.0 Å². The van der Waals surface area contributed by atoms with Gasteiger partial charge in [-0.3, -0.25) is 0 Å². The fraction of sp³-hybridized carbons (Fsp3) is 0.571. The summed E-state index contributed by atoms with van der Waals surface area (Å²) in [5.41, 5.74) is 6.45. The average Bonchev–Trinajstić information content (AvgIpc) is 2.39. The number of piperidine rings is 1. The highest BCUT2D eigenvalue weighted by molar-refractivity contribution is 5.41. The van der Waals surface area contributed by atoms with E-state index >= 15 is 0 Å². The monoisotopic (exact) mass is 234 g/mol. The van der Waals surface area contributed by atoms with E-state index in [9.17, 15) is 0 Å². The van der Waals surface area contributed by atoms with Gasteiger partial charge in [-0.1, -0.05) is 6.92 Å². The zero-order valence-corrected chi connectivity index (χ0v) is 10.5. The number of nitrogen functional groups attached to an aromatic ring is 1. The topological polar surface area (TPSA) is 47.3 Å². The van der Waals surface area contributed by atoms with Gasteiger partial charge in [-0.2, -0.15) is 0 Å². The van der Waals surface area contributed by atoms with Crippen LogP contribution in [0.25, 0.3) is 0 Å². The van der Waals surface area contributed by atoms with Crippen LogP contribution in [0.1, 0.15) is 26.2 Å². The molecule has 0 aromatic heterocycles. The Morgan fingerprint density at radius 1 is 1.41 bits per heavy atom. The van der Waals surface area contributed by atoms with Crippen molar-refractivity contribution in [1.29, 1.82) is 0 Å². The predicted octanol–water partition coefficient (Wildman–Crippen LogP) is 2.43. The molecule has 0 aliphatic carbocycles. The molecule has 2 rings (SSSR count). The third-order valence-corrected chi connectivity index (χ3v) is 3.43. The van der Waals surface area contributed by atoms with E-state index in [1.807, 2.05) is 24.3 Å². The third-order valence-electron chi connectivity index (χ3n) is 3.43. The first kappa shape index (κ1) is 12.2. The van der Waals surface area contributed by atoms with Crippen molar-refractivity contribution in [3.63, 3.8) is 0 Å². The van der Waals surface area contributed by atoms with Crippen LogP contribution in [0.5, 0.6) is 5.75 Å². The second kappa shape index (κ2) is 5.92. The molecule has 94 valence electrons. The molecule has 0 bridgehead atoms. The number of nitrogens with one attached hydrogen (secondary N) is 1. The van der Waals surface area contributed by atoms with Crippen molar-refractivity contribution in [1.82, 2.24) is 5.32 Å². The van der Waals surface area contributed by atoms with Crippen LogP contribution in [0, 0.1) is 5.92 Å². The number of hydrogen-bond acceptors (Lipinski definition) is 3. The van der Waals surface area contributed by atoms with E-state index in [1.165, 1.54) is 12.8 Å². The molecule has 3 N–H and O–H groups in total. The number of nitrogens with two attached hydrogens (primary N) is 1. The summed E-state index contributed by atoms with van der Waals surface area (Å²) >= 11 is 0. The Morgan fingerprint density at radius 3 is 2.76 bits per heavy atom. The largest absolute Gasteiger partial charge is 0.490 e. The summed E-state index contributed by atoms with van der Waals surface area (Å²) < 4.78 is 6.06. The van der Waals surface area contributed by atoms with E-state index in [0.717, 1.165) is 30.9 Å². The van der Waals surface area contributed by atoms with Crippen LogP contribution >= 0.6 is 0 Å². The predicted molar refractivity (Wildman–Crippen MR) is 71.2 cm³/mol. The van der Waals surface area contributed by atoms with Gasteiger partial charge in [0.15, 0.2) is 0 Å². The van der Waals surface area contributed by atoms with Gasteiger partial charge in [0.1, 0.15) is 11.9 Å². The Morgan fingerprint density at radius 2 is 2.18 bits per heavy atom. The molecule has 1 aliphatic rings. The van der Waals surface area contributed by atoms with Crippen molar-refractivity contribution >= 4 is 5.69 Å². The number of ether oxygens (including phenoxy) is 1. The van der Waals surface area contributed by atoms with Gasteiger partial charge in [-0.25, -0.2) is 0 Å². The molecule has 1 aromatic rings. The maximum atomic E-state index is 6.06. The van der Waals surface area contributed by atoms with Gasteiger partial charge < -0.3 is 15.8 Å². The van der Waals surface area contributed by atoms with Crippen LogP contribution in [0.2, 0.25) is 0 Å². The summed E-state index contributed by atoms with van der Waals surface area (Å²) in [7, 11) is 0. The molecule has 17 heavy (non-hydrogen) atoms. The molecular formula is C14H22N2O. The fourth-order valence-corrected chi connectivity index (χ4v) is 2.43. The van der Waals surface area contributed by atoms with Crippen LogP contribution < -0.4 is 15.8 Å². The molecule has 1 heterocycles. The van der Waals surface area contributed by atoms with Gasteiger partial charge in [-0.15, -0.1) is 0 Å². The maximum absolute atomic E-state index is 6.06. The molecule has 0 saturated carbocycles. The Balaban J connectivity index is 1.96. The summed E-state index contributed by atoms with van der Waals surface area (Å²) in [6.45, 7) is 4.42. The van der Waals surface area contributed by atoms with Crippen molar-refractivity contribution in [2.45, 2.75) is 32.3 Å². The molecular weight excluding hydrogens is 212 g/mol. The second-order valence-corrected chi connectivity index (χ2v) is 4.74. The lowest BCUT2D eigenvalue weighted by Crippen LogP contribution is -2.39. The number of hydrogen-bond donors (Lipinski definition) is 2. The van der Waals surface area contributed by atoms with Crippen molar-refractivity contribution in [2.24, 2.45) is 5.92 Å². The third kappa shape index (κ3) is 3.37. The van der Waals surface area contributed by atoms with Gasteiger partial charge >= 0.3 is 0 Å². The van der Waals surface area contributed by atoms with Crippen molar-refractivity contribution < 1.29 is 4.74 Å². The quantitative estimate of drug-likeness (QED) is 0.787. The molecule has 1 aromatic carbocycles. The summed E-state index contributed by atoms with van der Waals surface area (Å²) in [6.07, 6.45) is 3.88. The van der Waals surface area contributed by atoms with E-state index in [2.05, 4.69) is 12.2 Å². The molecule has 0 spiro atoms. The zero-order valence-electron chi connectivity index (χ0n) is 10.5. The molecule has 3 heteroatoms. The summed E-state index contributed by atoms with van der Waals surface area (Å²) in [4.78, 5) is 0. The normalized spacial score (nSPS) is 22.1. The van der Waals surface area contributed by atoms with E-state index in [4.69, 9.17) is 10.5 Å². The Labute approximate surface area is 103 Å². The van der Waals surface area contributed by atoms with E-state index in [-0.39, 0.29) is 0 Å². The Hall–Kier alpha value is -1.22. The molecule has 2 atom stereocenters. The lowest BCUT2D eigenvalue weighted by Gasteiger charge is -2.30. The zero-order chi connectivity index (χ0) is 12.1. The first-order valence-corrected chi connectivity index (χ1v) is 6.52. The van der Waals surface area contributed by atoms with Crippen molar-refractivity contribution in [2.75, 3.05) is 18.8 Å². The van der Waals surface area contributed by atoms with Crippen LogP contribution in [-0.4, -0.2) is 19.2 Å². The molecule has 1 saturated heterocycles. The van der Waals surface area contributed by atoms with Crippen LogP contribution in [-0.2, 0) is 0 Å². The highest BCUT2D eigenvalue weighted by atomic mass is 16.5. The first-order chi connectivity index (χ1) is 8.29. The van der Waals surface area contributed by atoms with Crippen LogP contribution in [0.3, 0.4) is 0 Å². The van der Waals surface area contributed by atoms with Crippen molar-refractivity contribution in [3.05, 3.63) is 24.3 Å². The highest BCUT2D eigenvalue weighted by Gasteiger charge is 2.23. The van der Waals surface area contributed by atoms with Gasteiger partial charge in [0.25, 0.3) is 0 Å². The number of rotatable bonds is 4. The Kier molecular flexibility index (Phi) is 4.26. The second-order valence-electron chi connectivity index (χ2n) is 4.74. The van der Waals surface area contributed by atoms with Gasteiger partial charge in [0, 0.05) is 18.2 Å². The lowest BCUT2D eigenvalue weighted by molar-refractivity contribution is 0.111. The number of anilines is 1. The summed E-state index contributed by atoms with van der Waals surface area (Å²) in [5, 5.41) is 3.44. The average molecular weight is 234 g/mol. The van der Waals surface area contributed by atoms with E-state index < -0.39 is 0 Å². The fourth-order valence-electron chi connectivity index (χ4n) is 2.43. The Bertz CT molecular complexity index is 331. The molecule has 1 aliphatic heterocycles. The van der Waals surface area contributed by atoms with Gasteiger partial charge in [0.05, 0.1) is 0 Å². The highest BCUT2D eigenvalue weighted by Crippen LogP contribution is 2.23. The van der Waals surface area contributed by atoms with E-state index in [1.54, 1.807) is 0 Å². The minimum absolute atomic E-state index is 0.312. The number of benzene rings is 1. The van der Waals surface area contributed by atoms with Gasteiger partial charge in [-0.05, 0) is 50.1 Å². The molecule has 0 amide bonds. The first-order valence-electron chi connectivity index (χ1n) is 6.52. The van der Waals surface area contributed by atoms with Crippen LogP contribution in [0.15, 0.2) is 24.3 Å². The SMILES string of the molecule is CCC(Oc1ccc(N)cc1)C1CCCNC1. The van der Waals surface area contributed by atoms with Crippen LogP contribution in [0.4, 0.5) is 5.69 Å². The molecule has 3 nitrogen and oxygen atoms in total. The molecule has 0 radical (unpaired) electrons. The summed E-state index contributed by atoms with van der Waals surface area (Å²) in [5.74, 6) is 1.56. The summed E-state index contributed by atoms with van der Waals surface area (Å²) in [6, 6.07) is 7.69. The van der Waals surface area contributed by atoms with Crippen molar-refractivity contribution in [3.8, 4) is 5.75 Å². The maximum Gasteiger partial charge on any atom is 0.119 e. The molecule has 1 fully saturated rings. The minimum atomic E-state index is 0.312. The standard InChI is InChI=1S/C14H22N2O/c1-2-14(11-4-3-9-16-10-11)17-13-7-5-12(15)6-8-13/h5-8,11,14,16H,2-4,9-10,15H2,1H3. The smallest absolute Gasteiger partial charge is 0.119 e. The van der Waals surface area contributed by atoms with Gasteiger partial charge in [0.2, 0.25) is 0 Å². The minimum Gasteiger partial charge on any atom is -0.490 e.